The first-order valence-electron chi connectivity index (χ1n) is 10.2. The number of hydrogen-bond acceptors (Lipinski definition) is 4. The van der Waals surface area contributed by atoms with Crippen LogP contribution in [0.2, 0.25) is 0 Å². The van der Waals surface area contributed by atoms with Crippen LogP contribution in [-0.4, -0.2) is 40.0 Å². The molecule has 1 aliphatic carbocycles. The number of rotatable bonds is 8. The van der Waals surface area contributed by atoms with Crippen LogP contribution in [0.5, 0.6) is 0 Å². The molecule has 0 aliphatic heterocycles. The van der Waals surface area contributed by atoms with Crippen LogP contribution in [-0.2, 0) is 9.59 Å². The Morgan fingerprint density at radius 3 is 2.72 bits per heavy atom. The van der Waals surface area contributed by atoms with Crippen LogP contribution >= 0.6 is 0 Å². The molecule has 0 radical (unpaired) electrons. The normalized spacial score (nSPS) is 19.6. The zero-order chi connectivity index (χ0) is 20.8. The topological polar surface area (TPSA) is 108 Å². The molecule has 2 amide bonds. The lowest BCUT2D eigenvalue weighted by Crippen LogP contribution is -2.51. The number of para-hydroxylation sites is 1. The van der Waals surface area contributed by atoms with Crippen LogP contribution < -0.4 is 10.6 Å². The fraction of sp³-hybridized carbons (Fsp3) is 0.455. The quantitative estimate of drug-likeness (QED) is 0.635. The highest BCUT2D eigenvalue weighted by atomic mass is 16.4. The van der Waals surface area contributed by atoms with Gasteiger partial charge in [-0.1, -0.05) is 50.5 Å². The van der Waals surface area contributed by atoms with Crippen molar-refractivity contribution >= 4 is 28.7 Å². The zero-order valence-electron chi connectivity index (χ0n) is 16.6. The smallest absolute Gasteiger partial charge is 0.308 e. The predicted octanol–water partition coefficient (Wildman–Crippen LogP) is 2.89. The van der Waals surface area contributed by atoms with Crippen molar-refractivity contribution in [3.05, 3.63) is 42.1 Å². The van der Waals surface area contributed by atoms with Crippen molar-refractivity contribution < 1.29 is 19.5 Å². The minimum Gasteiger partial charge on any atom is -0.481 e. The second-order valence-corrected chi connectivity index (χ2v) is 7.55. The first-order valence-corrected chi connectivity index (χ1v) is 10.2. The summed E-state index contributed by atoms with van der Waals surface area (Å²) in [5, 5.41) is 15.9. The molecular weight excluding hydrogens is 370 g/mol. The maximum Gasteiger partial charge on any atom is 0.308 e. The van der Waals surface area contributed by atoms with Crippen molar-refractivity contribution in [3.63, 3.8) is 0 Å². The average molecular weight is 397 g/mol. The first kappa shape index (κ1) is 20.8. The van der Waals surface area contributed by atoms with E-state index in [1.54, 1.807) is 6.07 Å². The fourth-order valence-electron chi connectivity index (χ4n) is 3.81. The molecule has 7 heteroatoms. The summed E-state index contributed by atoms with van der Waals surface area (Å²) >= 11 is 0. The molecule has 29 heavy (non-hydrogen) atoms. The Morgan fingerprint density at radius 2 is 1.97 bits per heavy atom. The highest BCUT2D eigenvalue weighted by Gasteiger charge is 2.35. The summed E-state index contributed by atoms with van der Waals surface area (Å²) in [5.74, 6) is -2.19. The molecule has 1 aromatic heterocycles. The summed E-state index contributed by atoms with van der Waals surface area (Å²) in [6.07, 6.45) is 4.13. The number of fused-ring (bicyclic) bond motifs is 1. The van der Waals surface area contributed by atoms with Gasteiger partial charge in [-0.3, -0.25) is 14.4 Å². The highest BCUT2D eigenvalue weighted by molar-refractivity contribution is 5.97. The van der Waals surface area contributed by atoms with Gasteiger partial charge in [0.1, 0.15) is 11.7 Å². The van der Waals surface area contributed by atoms with Crippen molar-refractivity contribution in [2.75, 3.05) is 0 Å². The van der Waals surface area contributed by atoms with E-state index in [-0.39, 0.29) is 17.6 Å². The van der Waals surface area contributed by atoms with E-state index in [4.69, 9.17) is 0 Å². The molecular formula is C22H27N3O4. The van der Waals surface area contributed by atoms with Crippen LogP contribution in [0.15, 0.2) is 36.4 Å². The number of nitrogens with one attached hydrogen (secondary N) is 2. The minimum atomic E-state index is -0.887. The second-order valence-electron chi connectivity index (χ2n) is 7.55. The molecule has 1 saturated carbocycles. The molecule has 3 atom stereocenters. The van der Waals surface area contributed by atoms with Gasteiger partial charge >= 0.3 is 5.97 Å². The van der Waals surface area contributed by atoms with Crippen LogP contribution in [0.25, 0.3) is 10.9 Å². The Morgan fingerprint density at radius 1 is 1.17 bits per heavy atom. The molecule has 1 fully saturated rings. The number of aliphatic carboxylic acids is 1. The van der Waals surface area contributed by atoms with Crippen LogP contribution in [0.3, 0.4) is 0 Å². The zero-order valence-corrected chi connectivity index (χ0v) is 16.6. The van der Waals surface area contributed by atoms with Crippen LogP contribution in [0.1, 0.15) is 55.9 Å². The SMILES string of the molecule is CCCC[C@H](NC(=O)c1ccc2ccccc2n1)C(=O)N[C@H]1CCC[C@H]1C(=O)O. The average Bonchev–Trinajstić information content (AvgIpc) is 3.18. The molecule has 154 valence electrons. The lowest BCUT2D eigenvalue weighted by molar-refractivity contribution is -0.142. The molecule has 0 bridgehead atoms. The van der Waals surface area contributed by atoms with E-state index >= 15 is 0 Å². The van der Waals surface area contributed by atoms with Gasteiger partial charge in [0.05, 0.1) is 11.4 Å². The number of carboxylic acids is 1. The third-order valence-corrected chi connectivity index (χ3v) is 5.46. The molecule has 3 N–H and O–H groups in total. The van der Waals surface area contributed by atoms with Gasteiger partial charge in [0.15, 0.2) is 0 Å². The van der Waals surface area contributed by atoms with E-state index in [9.17, 15) is 19.5 Å². The lowest BCUT2D eigenvalue weighted by atomic mass is 10.0. The Hall–Kier alpha value is -2.96. The molecule has 0 saturated heterocycles. The summed E-state index contributed by atoms with van der Waals surface area (Å²) in [6.45, 7) is 2.01. The van der Waals surface area contributed by atoms with Gasteiger partial charge in [-0.05, 0) is 31.4 Å². The summed E-state index contributed by atoms with van der Waals surface area (Å²) < 4.78 is 0. The van der Waals surface area contributed by atoms with Gasteiger partial charge in [-0.2, -0.15) is 0 Å². The van der Waals surface area contributed by atoms with Crippen molar-refractivity contribution in [1.29, 1.82) is 0 Å². The Bertz CT molecular complexity index is 899. The number of carboxylic acid groups (broad SMARTS) is 1. The molecule has 1 aromatic carbocycles. The second kappa shape index (κ2) is 9.49. The molecule has 2 aromatic rings. The number of carbonyl (C=O) groups excluding carboxylic acids is 2. The van der Waals surface area contributed by atoms with Gasteiger partial charge in [-0.25, -0.2) is 4.98 Å². The number of aromatic nitrogens is 1. The summed E-state index contributed by atoms with van der Waals surface area (Å²) in [5.41, 5.74) is 0.965. The lowest BCUT2D eigenvalue weighted by Gasteiger charge is -2.23. The van der Waals surface area contributed by atoms with Gasteiger partial charge < -0.3 is 15.7 Å². The number of unbranched alkanes of at least 4 members (excludes halogenated alkanes) is 1. The van der Waals surface area contributed by atoms with E-state index in [2.05, 4.69) is 15.6 Å². The molecule has 0 unspecified atom stereocenters. The van der Waals surface area contributed by atoms with Gasteiger partial charge in [0.25, 0.3) is 5.91 Å². The summed E-state index contributed by atoms with van der Waals surface area (Å²) in [4.78, 5) is 41.3. The minimum absolute atomic E-state index is 0.252. The Labute approximate surface area is 169 Å². The number of nitrogens with zero attached hydrogens (tertiary/aromatic N) is 1. The predicted molar refractivity (Wildman–Crippen MR) is 109 cm³/mol. The fourth-order valence-corrected chi connectivity index (χ4v) is 3.81. The maximum atomic E-state index is 12.8. The van der Waals surface area contributed by atoms with Crippen molar-refractivity contribution in [3.8, 4) is 0 Å². The maximum absolute atomic E-state index is 12.8. The number of pyridine rings is 1. The van der Waals surface area contributed by atoms with Gasteiger partial charge in [-0.15, -0.1) is 0 Å². The van der Waals surface area contributed by atoms with E-state index in [0.717, 1.165) is 24.6 Å². The molecule has 7 nitrogen and oxygen atoms in total. The Balaban J connectivity index is 1.70. The van der Waals surface area contributed by atoms with Crippen molar-refractivity contribution in [1.82, 2.24) is 15.6 Å². The van der Waals surface area contributed by atoms with E-state index in [1.807, 2.05) is 37.3 Å². The van der Waals surface area contributed by atoms with E-state index in [0.29, 0.717) is 24.8 Å². The van der Waals surface area contributed by atoms with Crippen LogP contribution in [0.4, 0.5) is 0 Å². The van der Waals surface area contributed by atoms with Gasteiger partial charge in [0, 0.05) is 11.4 Å². The number of carbonyl (C=O) groups is 3. The Kier molecular flexibility index (Phi) is 6.80. The largest absolute Gasteiger partial charge is 0.481 e. The first-order chi connectivity index (χ1) is 14.0. The highest BCUT2D eigenvalue weighted by Crippen LogP contribution is 2.26. The summed E-state index contributed by atoms with van der Waals surface area (Å²) in [6, 6.07) is 9.88. The van der Waals surface area contributed by atoms with Crippen LogP contribution in [0, 0.1) is 5.92 Å². The van der Waals surface area contributed by atoms with E-state index in [1.165, 1.54) is 0 Å². The third kappa shape index (κ3) is 5.10. The van der Waals surface area contributed by atoms with E-state index < -0.39 is 23.8 Å². The molecule has 0 spiro atoms. The number of amides is 2. The number of hydrogen-bond donors (Lipinski definition) is 3. The van der Waals surface area contributed by atoms with Crippen molar-refractivity contribution in [2.24, 2.45) is 5.92 Å². The number of benzene rings is 1. The molecule has 1 aliphatic rings. The van der Waals surface area contributed by atoms with Crippen molar-refractivity contribution in [2.45, 2.75) is 57.5 Å². The summed E-state index contributed by atoms with van der Waals surface area (Å²) in [7, 11) is 0. The third-order valence-electron chi connectivity index (χ3n) is 5.46. The monoisotopic (exact) mass is 397 g/mol. The standard InChI is InChI=1S/C22H27N3O4/c1-2-3-9-18(20(26)24-17-11-6-8-15(17)22(28)29)25-21(27)19-13-12-14-7-4-5-10-16(14)23-19/h4-5,7,10,12-13,15,17-18H,2-3,6,8-9,11H2,1H3,(H,24,26)(H,25,27)(H,28,29)/t15-,17+,18+/m1/s1. The van der Waals surface area contributed by atoms with Gasteiger partial charge in [0.2, 0.25) is 5.91 Å². The molecule has 3 rings (SSSR count). The molecule has 1 heterocycles.